The van der Waals surface area contributed by atoms with Crippen LogP contribution in [0.15, 0.2) is 35.3 Å². The van der Waals surface area contributed by atoms with E-state index in [1.165, 1.54) is 11.8 Å². The van der Waals surface area contributed by atoms with Gasteiger partial charge in [0.05, 0.1) is 19.1 Å². The van der Waals surface area contributed by atoms with Crippen molar-refractivity contribution in [2.75, 3.05) is 18.9 Å². The molecule has 1 heterocycles. The van der Waals surface area contributed by atoms with Crippen LogP contribution in [0, 0.1) is 0 Å². The van der Waals surface area contributed by atoms with Crippen LogP contribution in [0.5, 0.6) is 0 Å². The molecule has 1 aromatic carbocycles. The van der Waals surface area contributed by atoms with Crippen molar-refractivity contribution in [2.24, 2.45) is 4.99 Å². The fourth-order valence-electron chi connectivity index (χ4n) is 1.99. The van der Waals surface area contributed by atoms with E-state index in [-0.39, 0.29) is 5.91 Å². The maximum Gasteiger partial charge on any atom is 0.250 e. The first-order chi connectivity index (χ1) is 10.6. The molecule has 118 valence electrons. The number of thioether (sulfide) groups is 1. The summed E-state index contributed by atoms with van der Waals surface area (Å²) >= 11 is 1.44. The Labute approximate surface area is 133 Å². The van der Waals surface area contributed by atoms with Gasteiger partial charge in [-0.3, -0.25) is 14.6 Å². The van der Waals surface area contributed by atoms with Gasteiger partial charge in [-0.05, 0) is 12.5 Å². The molecule has 1 aliphatic rings. The summed E-state index contributed by atoms with van der Waals surface area (Å²) in [5, 5.41) is 15.1. The number of carbonyl (C=O) groups is 2. The second-order valence-corrected chi connectivity index (χ2v) is 5.98. The molecule has 0 spiro atoms. The molecule has 0 saturated carbocycles. The molecule has 0 aromatic heterocycles. The van der Waals surface area contributed by atoms with E-state index in [0.717, 1.165) is 11.3 Å². The van der Waals surface area contributed by atoms with Crippen molar-refractivity contribution in [3.05, 3.63) is 35.9 Å². The minimum Gasteiger partial charge on any atom is -0.394 e. The fourth-order valence-corrected chi connectivity index (χ4v) is 2.72. The third kappa shape index (κ3) is 4.32. The number of benzene rings is 1. The number of hydrogen-bond donors (Lipinski definition) is 3. The normalized spacial score (nSPS) is 16.5. The highest BCUT2D eigenvalue weighted by Gasteiger charge is 2.25. The third-order valence-corrected chi connectivity index (χ3v) is 4.22. The van der Waals surface area contributed by atoms with Crippen molar-refractivity contribution in [3.8, 4) is 0 Å². The summed E-state index contributed by atoms with van der Waals surface area (Å²) in [6.45, 7) is 1.96. The molecule has 1 aromatic rings. The van der Waals surface area contributed by atoms with Crippen LogP contribution in [0.4, 0.5) is 0 Å². The lowest BCUT2D eigenvalue weighted by molar-refractivity contribution is -0.129. The molecule has 2 amide bonds. The Balaban J connectivity index is 1.94. The summed E-state index contributed by atoms with van der Waals surface area (Å²) in [6, 6.07) is 8.29. The van der Waals surface area contributed by atoms with Gasteiger partial charge < -0.3 is 15.7 Å². The van der Waals surface area contributed by atoms with Gasteiger partial charge in [0.15, 0.2) is 5.17 Å². The topological polar surface area (TPSA) is 90.8 Å². The van der Waals surface area contributed by atoms with Gasteiger partial charge >= 0.3 is 0 Å². The van der Waals surface area contributed by atoms with Gasteiger partial charge in [0.1, 0.15) is 6.04 Å². The zero-order chi connectivity index (χ0) is 15.9. The van der Waals surface area contributed by atoms with Crippen LogP contribution in [0.2, 0.25) is 0 Å². The monoisotopic (exact) mass is 321 g/mol. The van der Waals surface area contributed by atoms with Gasteiger partial charge in [-0.2, -0.15) is 0 Å². The van der Waals surface area contributed by atoms with E-state index < -0.39 is 24.5 Å². The molecule has 1 aliphatic heterocycles. The Morgan fingerprint density at radius 3 is 2.64 bits per heavy atom. The highest BCUT2D eigenvalue weighted by molar-refractivity contribution is 8.14. The van der Waals surface area contributed by atoms with E-state index >= 15 is 0 Å². The summed E-state index contributed by atoms with van der Waals surface area (Å²) in [5.41, 5.74) is 0.854. The lowest BCUT2D eigenvalue weighted by Crippen LogP contribution is -2.50. The standard InChI is InChI=1S/C15H19N3O3S/c1-10(11-5-3-2-4-6-11)13(20)17-12(9-19)14(21)18-15-16-7-8-22-15/h2-6,10,12,19H,7-9H2,1H3,(H,17,20)(H,16,18,21). The minimum absolute atomic E-state index is 0.304. The Kier molecular flexibility index (Phi) is 5.97. The lowest BCUT2D eigenvalue weighted by Gasteiger charge is -2.19. The van der Waals surface area contributed by atoms with Crippen molar-refractivity contribution in [1.29, 1.82) is 0 Å². The highest BCUT2D eigenvalue weighted by Crippen LogP contribution is 2.14. The molecular weight excluding hydrogens is 302 g/mol. The first-order valence-corrected chi connectivity index (χ1v) is 8.04. The van der Waals surface area contributed by atoms with E-state index in [4.69, 9.17) is 0 Å². The van der Waals surface area contributed by atoms with Gasteiger partial charge in [0.25, 0.3) is 5.91 Å². The smallest absolute Gasteiger partial charge is 0.250 e. The number of hydrogen-bond acceptors (Lipinski definition) is 5. The maximum absolute atomic E-state index is 12.2. The molecule has 2 rings (SSSR count). The highest BCUT2D eigenvalue weighted by atomic mass is 32.2. The molecule has 0 radical (unpaired) electrons. The van der Waals surface area contributed by atoms with Crippen LogP contribution >= 0.6 is 11.8 Å². The number of amides is 2. The quantitative estimate of drug-likeness (QED) is 0.736. The van der Waals surface area contributed by atoms with Crippen molar-refractivity contribution < 1.29 is 14.7 Å². The molecule has 6 nitrogen and oxygen atoms in total. The predicted octanol–water partition coefficient (Wildman–Crippen LogP) is 0.486. The molecule has 22 heavy (non-hydrogen) atoms. The summed E-state index contributed by atoms with van der Waals surface area (Å²) in [6.07, 6.45) is 0. The third-order valence-electron chi connectivity index (χ3n) is 3.32. The molecule has 0 fully saturated rings. The van der Waals surface area contributed by atoms with Crippen molar-refractivity contribution in [3.63, 3.8) is 0 Å². The number of amidine groups is 1. The number of carbonyl (C=O) groups excluding carboxylic acids is 2. The molecule has 2 atom stereocenters. The van der Waals surface area contributed by atoms with Gasteiger partial charge in [-0.25, -0.2) is 0 Å². The number of aliphatic hydroxyl groups excluding tert-OH is 1. The average Bonchev–Trinajstić information content (AvgIpc) is 3.05. The Bertz CT molecular complexity index is 562. The molecular formula is C15H19N3O3S. The number of nitrogens with one attached hydrogen (secondary N) is 2. The Morgan fingerprint density at radius 1 is 1.32 bits per heavy atom. The Hall–Kier alpha value is -1.86. The molecule has 3 N–H and O–H groups in total. The van der Waals surface area contributed by atoms with Crippen LogP contribution in [0.3, 0.4) is 0 Å². The van der Waals surface area contributed by atoms with E-state index in [9.17, 15) is 14.7 Å². The SMILES string of the molecule is CC(C(=O)NC(CO)C(=O)NC1=NCCS1)c1ccccc1. The van der Waals surface area contributed by atoms with Crippen molar-refractivity contribution in [1.82, 2.24) is 10.6 Å². The number of rotatable bonds is 5. The first kappa shape index (κ1) is 16.5. The molecule has 0 bridgehead atoms. The summed E-state index contributed by atoms with van der Waals surface area (Å²) in [5.74, 6) is -0.330. The van der Waals surface area contributed by atoms with Crippen LogP contribution in [-0.2, 0) is 9.59 Å². The Morgan fingerprint density at radius 2 is 2.05 bits per heavy atom. The summed E-state index contributed by atoms with van der Waals surface area (Å²) in [4.78, 5) is 28.4. The number of aliphatic imine (C=N–C) groups is 1. The maximum atomic E-state index is 12.2. The van der Waals surface area contributed by atoms with Gasteiger partial charge in [0, 0.05) is 5.75 Å². The average molecular weight is 321 g/mol. The molecule has 2 unspecified atom stereocenters. The van der Waals surface area contributed by atoms with Crippen molar-refractivity contribution in [2.45, 2.75) is 18.9 Å². The summed E-state index contributed by atoms with van der Waals surface area (Å²) in [7, 11) is 0. The van der Waals surface area contributed by atoms with Crippen molar-refractivity contribution >= 4 is 28.7 Å². The van der Waals surface area contributed by atoms with E-state index in [2.05, 4.69) is 15.6 Å². The second-order valence-electron chi connectivity index (χ2n) is 4.90. The van der Waals surface area contributed by atoms with Gasteiger partial charge in [0.2, 0.25) is 5.91 Å². The summed E-state index contributed by atoms with van der Waals surface area (Å²) < 4.78 is 0. The van der Waals surface area contributed by atoms with Gasteiger partial charge in [-0.1, -0.05) is 42.1 Å². The van der Waals surface area contributed by atoms with Crippen LogP contribution in [-0.4, -0.2) is 47.0 Å². The van der Waals surface area contributed by atoms with Crippen LogP contribution in [0.25, 0.3) is 0 Å². The zero-order valence-corrected chi connectivity index (χ0v) is 13.1. The van der Waals surface area contributed by atoms with Crippen LogP contribution in [0.1, 0.15) is 18.4 Å². The second kappa shape index (κ2) is 7.95. The van der Waals surface area contributed by atoms with E-state index in [1.807, 2.05) is 30.3 Å². The van der Waals surface area contributed by atoms with Gasteiger partial charge in [-0.15, -0.1) is 0 Å². The zero-order valence-electron chi connectivity index (χ0n) is 12.3. The van der Waals surface area contributed by atoms with E-state index in [0.29, 0.717) is 11.7 Å². The number of aliphatic hydroxyl groups is 1. The first-order valence-electron chi connectivity index (χ1n) is 7.06. The van der Waals surface area contributed by atoms with Crippen LogP contribution < -0.4 is 10.6 Å². The number of nitrogens with zero attached hydrogens (tertiary/aromatic N) is 1. The predicted molar refractivity (Wildman–Crippen MR) is 86.8 cm³/mol. The fraction of sp³-hybridized carbons (Fsp3) is 0.400. The molecule has 7 heteroatoms. The lowest BCUT2D eigenvalue weighted by atomic mass is 10.00. The minimum atomic E-state index is -0.984. The van der Waals surface area contributed by atoms with E-state index in [1.54, 1.807) is 6.92 Å². The largest absolute Gasteiger partial charge is 0.394 e. The molecule has 0 aliphatic carbocycles. The molecule has 0 saturated heterocycles.